The minimum atomic E-state index is -4.44. The molecule has 2 saturated heterocycles. The lowest BCUT2D eigenvalue weighted by atomic mass is 9.95. The van der Waals surface area contributed by atoms with E-state index in [1.165, 1.54) is 24.3 Å². The molecular formula is C23H25F3N2O3. The van der Waals surface area contributed by atoms with Gasteiger partial charge in [-0.25, -0.2) is 0 Å². The van der Waals surface area contributed by atoms with Crippen LogP contribution in [0, 0.1) is 5.92 Å². The Morgan fingerprint density at radius 2 is 1.84 bits per heavy atom. The van der Waals surface area contributed by atoms with Gasteiger partial charge in [-0.15, -0.1) is 0 Å². The van der Waals surface area contributed by atoms with Crippen LogP contribution in [0.15, 0.2) is 40.8 Å². The van der Waals surface area contributed by atoms with Crippen LogP contribution in [0.25, 0.3) is 11.3 Å². The lowest BCUT2D eigenvalue weighted by Gasteiger charge is -2.35. The molecular weight excluding hydrogens is 409 g/mol. The van der Waals surface area contributed by atoms with Gasteiger partial charge in [0.15, 0.2) is 5.76 Å². The maximum absolute atomic E-state index is 12.9. The lowest BCUT2D eigenvalue weighted by molar-refractivity contribution is -0.137. The van der Waals surface area contributed by atoms with E-state index in [2.05, 4.69) is 0 Å². The number of piperidine rings is 2. The highest BCUT2D eigenvalue weighted by Crippen LogP contribution is 2.33. The Bertz CT molecular complexity index is 946. The standard InChI is InChI=1S/C23H25F3N2O3/c24-23(25,26)18-5-3-4-17(14-18)19-7-8-20(31-19)22(30)27-12-9-16(10-13-27)15-28-11-2-1-6-21(28)29/h3-5,7-8,14,16H,1-2,6,9-13,15H2. The second kappa shape index (κ2) is 8.77. The van der Waals surface area contributed by atoms with E-state index in [9.17, 15) is 22.8 Å². The summed E-state index contributed by atoms with van der Waals surface area (Å²) >= 11 is 0. The summed E-state index contributed by atoms with van der Waals surface area (Å²) in [5.41, 5.74) is -0.484. The van der Waals surface area contributed by atoms with Crippen LogP contribution in [0.4, 0.5) is 13.2 Å². The summed E-state index contributed by atoms with van der Waals surface area (Å²) in [6, 6.07) is 7.89. The SMILES string of the molecule is O=C1CCCCN1CC1CCN(C(=O)c2ccc(-c3cccc(C(F)(F)F)c3)o2)CC1. The van der Waals surface area contributed by atoms with E-state index in [1.54, 1.807) is 4.90 Å². The molecule has 5 nitrogen and oxygen atoms in total. The Morgan fingerprint density at radius 3 is 2.55 bits per heavy atom. The molecule has 0 radical (unpaired) electrons. The normalized spacial score (nSPS) is 18.5. The number of hydrogen-bond acceptors (Lipinski definition) is 3. The third kappa shape index (κ3) is 4.94. The molecule has 0 spiro atoms. The monoisotopic (exact) mass is 434 g/mol. The zero-order chi connectivity index (χ0) is 22.0. The molecule has 31 heavy (non-hydrogen) atoms. The van der Waals surface area contributed by atoms with Crippen LogP contribution in [0.5, 0.6) is 0 Å². The molecule has 2 aromatic rings. The van der Waals surface area contributed by atoms with Gasteiger partial charge in [-0.05, 0) is 55.9 Å². The van der Waals surface area contributed by atoms with Crippen molar-refractivity contribution in [1.29, 1.82) is 0 Å². The van der Waals surface area contributed by atoms with E-state index in [1.807, 2.05) is 4.90 Å². The molecule has 0 saturated carbocycles. The highest BCUT2D eigenvalue weighted by atomic mass is 19.4. The zero-order valence-corrected chi connectivity index (χ0v) is 17.2. The third-order valence-corrected chi connectivity index (χ3v) is 6.09. The summed E-state index contributed by atoms with van der Waals surface area (Å²) in [6.45, 7) is 2.72. The number of amides is 2. The molecule has 2 aliphatic heterocycles. The van der Waals surface area contributed by atoms with Gasteiger partial charge >= 0.3 is 6.18 Å². The van der Waals surface area contributed by atoms with Crippen LogP contribution in [0.2, 0.25) is 0 Å². The van der Waals surface area contributed by atoms with Crippen LogP contribution in [-0.4, -0.2) is 47.8 Å². The summed E-state index contributed by atoms with van der Waals surface area (Å²) in [6.07, 6.45) is -0.161. The van der Waals surface area contributed by atoms with E-state index < -0.39 is 11.7 Å². The first-order valence-electron chi connectivity index (χ1n) is 10.7. The third-order valence-electron chi connectivity index (χ3n) is 6.09. The van der Waals surface area contributed by atoms with Crippen LogP contribution in [0.3, 0.4) is 0 Å². The quantitative estimate of drug-likeness (QED) is 0.693. The van der Waals surface area contributed by atoms with Crippen molar-refractivity contribution in [2.45, 2.75) is 38.3 Å². The fraction of sp³-hybridized carbons (Fsp3) is 0.478. The second-order valence-corrected chi connectivity index (χ2v) is 8.27. The summed E-state index contributed by atoms with van der Waals surface area (Å²) in [7, 11) is 0. The average molecular weight is 434 g/mol. The van der Waals surface area contributed by atoms with Crippen LogP contribution < -0.4 is 0 Å². The van der Waals surface area contributed by atoms with Crippen LogP contribution in [-0.2, 0) is 11.0 Å². The van der Waals surface area contributed by atoms with E-state index >= 15 is 0 Å². The summed E-state index contributed by atoms with van der Waals surface area (Å²) < 4.78 is 44.4. The molecule has 0 N–H and O–H groups in total. The number of carbonyl (C=O) groups excluding carboxylic acids is 2. The number of nitrogens with zero attached hydrogens (tertiary/aromatic N) is 2. The molecule has 0 bridgehead atoms. The van der Waals surface area contributed by atoms with Gasteiger partial charge in [0.25, 0.3) is 5.91 Å². The predicted octanol–water partition coefficient (Wildman–Crippen LogP) is 4.83. The number of benzene rings is 1. The van der Waals surface area contributed by atoms with Gasteiger partial charge in [0.1, 0.15) is 5.76 Å². The Kier molecular flexibility index (Phi) is 6.07. The maximum atomic E-state index is 12.9. The smallest absolute Gasteiger partial charge is 0.416 e. The molecule has 1 aromatic heterocycles. The highest BCUT2D eigenvalue weighted by molar-refractivity contribution is 5.92. The predicted molar refractivity (Wildman–Crippen MR) is 108 cm³/mol. The topological polar surface area (TPSA) is 53.8 Å². The molecule has 8 heteroatoms. The van der Waals surface area contributed by atoms with Crippen molar-refractivity contribution in [3.8, 4) is 11.3 Å². The van der Waals surface area contributed by atoms with E-state index in [0.717, 1.165) is 50.9 Å². The van der Waals surface area contributed by atoms with E-state index in [-0.39, 0.29) is 28.9 Å². The molecule has 166 valence electrons. The number of likely N-dealkylation sites (tertiary alicyclic amines) is 2. The van der Waals surface area contributed by atoms with E-state index in [0.29, 0.717) is 25.4 Å². The Morgan fingerprint density at radius 1 is 1.06 bits per heavy atom. The summed E-state index contributed by atoms with van der Waals surface area (Å²) in [5.74, 6) is 0.696. The van der Waals surface area contributed by atoms with Gasteiger partial charge in [0.05, 0.1) is 5.56 Å². The zero-order valence-electron chi connectivity index (χ0n) is 17.2. The van der Waals surface area contributed by atoms with Crippen molar-refractivity contribution in [2.24, 2.45) is 5.92 Å². The first-order valence-corrected chi connectivity index (χ1v) is 10.7. The molecule has 4 rings (SSSR count). The minimum Gasteiger partial charge on any atom is -0.451 e. The van der Waals surface area contributed by atoms with Crippen molar-refractivity contribution in [2.75, 3.05) is 26.2 Å². The fourth-order valence-electron chi connectivity index (χ4n) is 4.30. The number of hydrogen-bond donors (Lipinski definition) is 0. The number of halogens is 3. The Hall–Kier alpha value is -2.77. The molecule has 1 aromatic carbocycles. The molecule has 0 aliphatic carbocycles. The van der Waals surface area contributed by atoms with E-state index in [4.69, 9.17) is 4.42 Å². The van der Waals surface area contributed by atoms with Gasteiger partial charge < -0.3 is 14.2 Å². The molecule has 3 heterocycles. The number of alkyl halides is 3. The van der Waals surface area contributed by atoms with Gasteiger partial charge in [-0.1, -0.05) is 12.1 Å². The Balaban J connectivity index is 1.36. The lowest BCUT2D eigenvalue weighted by Crippen LogP contribution is -2.44. The molecule has 2 amide bonds. The molecule has 2 aliphatic rings. The molecule has 0 atom stereocenters. The number of carbonyl (C=O) groups is 2. The molecule has 2 fully saturated rings. The first kappa shape index (κ1) is 21.5. The first-order chi connectivity index (χ1) is 14.8. The van der Waals surface area contributed by atoms with Gasteiger partial charge in [0, 0.05) is 38.2 Å². The van der Waals surface area contributed by atoms with Crippen molar-refractivity contribution < 1.29 is 27.2 Å². The summed E-state index contributed by atoms with van der Waals surface area (Å²) in [5, 5.41) is 0. The van der Waals surface area contributed by atoms with Crippen molar-refractivity contribution >= 4 is 11.8 Å². The van der Waals surface area contributed by atoms with Gasteiger partial charge in [0.2, 0.25) is 5.91 Å². The van der Waals surface area contributed by atoms with Crippen LogP contribution >= 0.6 is 0 Å². The summed E-state index contributed by atoms with van der Waals surface area (Å²) in [4.78, 5) is 28.5. The minimum absolute atomic E-state index is 0.122. The largest absolute Gasteiger partial charge is 0.451 e. The highest BCUT2D eigenvalue weighted by Gasteiger charge is 2.31. The average Bonchev–Trinajstić information content (AvgIpc) is 3.25. The van der Waals surface area contributed by atoms with Crippen molar-refractivity contribution in [3.05, 3.63) is 47.7 Å². The Labute approximate surface area is 178 Å². The van der Waals surface area contributed by atoms with Crippen molar-refractivity contribution in [3.63, 3.8) is 0 Å². The van der Waals surface area contributed by atoms with Gasteiger partial charge in [-0.3, -0.25) is 9.59 Å². The fourth-order valence-corrected chi connectivity index (χ4v) is 4.30. The second-order valence-electron chi connectivity index (χ2n) is 8.27. The number of rotatable bonds is 4. The van der Waals surface area contributed by atoms with Crippen LogP contribution in [0.1, 0.15) is 48.2 Å². The van der Waals surface area contributed by atoms with Gasteiger partial charge in [-0.2, -0.15) is 13.2 Å². The maximum Gasteiger partial charge on any atom is 0.416 e. The number of furan rings is 1. The molecule has 0 unspecified atom stereocenters. The van der Waals surface area contributed by atoms with Crippen molar-refractivity contribution in [1.82, 2.24) is 9.80 Å².